The summed E-state index contributed by atoms with van der Waals surface area (Å²) in [7, 11) is 1.63. The number of methoxy groups -OCH3 is 1. The Balaban J connectivity index is 1.47. The second-order valence-electron chi connectivity index (χ2n) is 8.45. The molecule has 1 aliphatic rings. The maximum Gasteiger partial charge on any atom is 0.247 e. The molecular formula is C28H27BrN4O3S. The molecule has 9 heteroatoms. The largest absolute Gasteiger partial charge is 0.493 e. The number of unbranched alkanes of at least 4 members (excludes halogenated alkanes) is 1. The second-order valence-corrected chi connectivity index (χ2v) is 10.4. The van der Waals surface area contributed by atoms with Gasteiger partial charge in [0.15, 0.2) is 23.4 Å². The molecule has 0 fully saturated rings. The smallest absolute Gasteiger partial charge is 0.247 e. The van der Waals surface area contributed by atoms with Crippen molar-refractivity contribution < 1.29 is 14.2 Å². The maximum absolute atomic E-state index is 6.44. The van der Waals surface area contributed by atoms with E-state index < -0.39 is 6.23 Å². The van der Waals surface area contributed by atoms with E-state index in [1.165, 1.54) is 0 Å². The molecule has 0 bridgehead atoms. The van der Waals surface area contributed by atoms with Crippen LogP contribution in [0, 0.1) is 0 Å². The predicted octanol–water partition coefficient (Wildman–Crippen LogP) is 7.28. The van der Waals surface area contributed by atoms with Gasteiger partial charge in [-0.15, -0.1) is 10.2 Å². The van der Waals surface area contributed by atoms with Crippen LogP contribution in [-0.2, 0) is 6.61 Å². The first-order chi connectivity index (χ1) is 18.2. The molecule has 1 atom stereocenters. The van der Waals surface area contributed by atoms with Gasteiger partial charge < -0.3 is 19.5 Å². The van der Waals surface area contributed by atoms with Crippen molar-refractivity contribution >= 4 is 33.4 Å². The summed E-state index contributed by atoms with van der Waals surface area (Å²) in [4.78, 5) is 4.72. The molecule has 1 N–H and O–H groups in total. The van der Waals surface area contributed by atoms with Crippen molar-refractivity contribution in [3.63, 3.8) is 0 Å². The third-order valence-electron chi connectivity index (χ3n) is 5.84. The first-order valence-electron chi connectivity index (χ1n) is 12.1. The predicted molar refractivity (Wildman–Crippen MR) is 149 cm³/mol. The number of fused-ring (bicyclic) bond motifs is 3. The number of hydrogen-bond acceptors (Lipinski definition) is 8. The quantitative estimate of drug-likeness (QED) is 0.164. The zero-order valence-corrected chi connectivity index (χ0v) is 23.0. The molecule has 1 aliphatic heterocycles. The first kappa shape index (κ1) is 25.4. The van der Waals surface area contributed by atoms with Gasteiger partial charge in [-0.25, -0.2) is 0 Å². The lowest BCUT2D eigenvalue weighted by Gasteiger charge is -2.21. The molecule has 0 saturated carbocycles. The van der Waals surface area contributed by atoms with Gasteiger partial charge in [0.1, 0.15) is 6.61 Å². The zero-order chi connectivity index (χ0) is 25.6. The van der Waals surface area contributed by atoms with Crippen LogP contribution in [0.1, 0.15) is 37.1 Å². The average Bonchev–Trinajstić information content (AvgIpc) is 3.09. The van der Waals surface area contributed by atoms with Crippen LogP contribution in [0.3, 0.4) is 0 Å². The maximum atomic E-state index is 6.44. The van der Waals surface area contributed by atoms with Crippen molar-refractivity contribution in [2.45, 2.75) is 37.8 Å². The van der Waals surface area contributed by atoms with Crippen molar-refractivity contribution in [1.82, 2.24) is 15.2 Å². The summed E-state index contributed by atoms with van der Waals surface area (Å²) < 4.78 is 19.0. The molecule has 7 nitrogen and oxygen atoms in total. The molecule has 1 unspecified atom stereocenters. The lowest BCUT2D eigenvalue weighted by molar-refractivity contribution is 0.223. The van der Waals surface area contributed by atoms with Crippen molar-refractivity contribution in [3.8, 4) is 28.6 Å². The summed E-state index contributed by atoms with van der Waals surface area (Å²) in [5.74, 6) is 2.60. The Bertz CT molecular complexity index is 1370. The third-order valence-corrected chi connectivity index (χ3v) is 7.36. The molecule has 190 valence electrons. The Morgan fingerprint density at radius 2 is 1.86 bits per heavy atom. The number of thioether (sulfide) groups is 1. The Hall–Kier alpha value is -3.30. The van der Waals surface area contributed by atoms with E-state index in [1.54, 1.807) is 18.9 Å². The fraction of sp³-hybridized carbons (Fsp3) is 0.250. The van der Waals surface area contributed by atoms with Gasteiger partial charge in [-0.3, -0.25) is 0 Å². The molecular weight excluding hydrogens is 552 g/mol. The van der Waals surface area contributed by atoms with Gasteiger partial charge in [0.25, 0.3) is 0 Å². The Labute approximate surface area is 229 Å². The van der Waals surface area contributed by atoms with E-state index in [0.29, 0.717) is 34.8 Å². The molecule has 2 heterocycles. The first-order valence-corrected chi connectivity index (χ1v) is 13.9. The summed E-state index contributed by atoms with van der Waals surface area (Å²) in [5, 5.41) is 12.9. The molecule has 1 aromatic heterocycles. The van der Waals surface area contributed by atoms with Crippen LogP contribution in [0.5, 0.6) is 17.4 Å². The minimum atomic E-state index is -0.541. The molecule has 3 aromatic carbocycles. The SMILES string of the molecule is CCCCSc1nnc2c(n1)OC(c1cc(Br)c(OCc3ccccc3)c(OC)c1)Nc1ccccc1-2. The second kappa shape index (κ2) is 11.8. The van der Waals surface area contributed by atoms with Crippen molar-refractivity contribution in [3.05, 3.63) is 82.3 Å². The van der Waals surface area contributed by atoms with E-state index in [1.807, 2.05) is 66.7 Å². The summed E-state index contributed by atoms with van der Waals surface area (Å²) in [6, 6.07) is 21.8. The minimum Gasteiger partial charge on any atom is -0.493 e. The standard InChI is InChI=1S/C28H27BrN4O3S/c1-3-4-14-37-28-31-27-24(32-33-28)20-12-8-9-13-22(20)30-26(36-27)19-15-21(29)25(23(16-19)34-2)35-17-18-10-6-5-7-11-18/h5-13,15-16,26,30H,3-4,14,17H2,1-2H3. The van der Waals surface area contributed by atoms with Crippen molar-refractivity contribution in [2.24, 2.45) is 0 Å². The monoisotopic (exact) mass is 578 g/mol. The highest BCUT2D eigenvalue weighted by Gasteiger charge is 2.27. The third kappa shape index (κ3) is 5.83. The topological polar surface area (TPSA) is 78.4 Å². The molecule has 0 amide bonds. The van der Waals surface area contributed by atoms with Crippen LogP contribution in [0.2, 0.25) is 0 Å². The summed E-state index contributed by atoms with van der Waals surface area (Å²) in [6.07, 6.45) is 1.66. The number of nitrogens with one attached hydrogen (secondary N) is 1. The fourth-order valence-corrected chi connectivity index (χ4v) is 5.36. The number of hydrogen-bond donors (Lipinski definition) is 1. The lowest BCUT2D eigenvalue weighted by Crippen LogP contribution is -2.17. The number of nitrogens with zero attached hydrogens (tertiary/aromatic N) is 3. The Kier molecular flexibility index (Phi) is 8.11. The van der Waals surface area contributed by atoms with E-state index in [0.717, 1.165) is 45.4 Å². The fourth-order valence-electron chi connectivity index (χ4n) is 3.93. The Morgan fingerprint density at radius 3 is 2.68 bits per heavy atom. The molecule has 0 saturated heterocycles. The molecule has 4 aromatic rings. The van der Waals surface area contributed by atoms with Crippen molar-refractivity contribution in [2.75, 3.05) is 18.2 Å². The van der Waals surface area contributed by atoms with Crippen LogP contribution in [-0.4, -0.2) is 28.0 Å². The number of benzene rings is 3. The van der Waals surface area contributed by atoms with Gasteiger partial charge >= 0.3 is 0 Å². The average molecular weight is 580 g/mol. The van der Waals surface area contributed by atoms with Crippen LogP contribution in [0.25, 0.3) is 11.3 Å². The van der Waals surface area contributed by atoms with Crippen LogP contribution in [0.4, 0.5) is 5.69 Å². The highest BCUT2D eigenvalue weighted by molar-refractivity contribution is 9.10. The number of rotatable bonds is 9. The minimum absolute atomic E-state index is 0.426. The van der Waals surface area contributed by atoms with E-state index in [2.05, 4.69) is 38.4 Å². The number of anilines is 1. The van der Waals surface area contributed by atoms with Crippen molar-refractivity contribution in [1.29, 1.82) is 0 Å². The van der Waals surface area contributed by atoms with Gasteiger partial charge in [0.2, 0.25) is 11.0 Å². The molecule has 0 spiro atoms. The van der Waals surface area contributed by atoms with E-state index in [9.17, 15) is 0 Å². The summed E-state index contributed by atoms with van der Waals surface area (Å²) in [6.45, 7) is 2.59. The van der Waals surface area contributed by atoms with Gasteiger partial charge in [-0.1, -0.05) is 73.6 Å². The van der Waals surface area contributed by atoms with Gasteiger partial charge in [-0.05, 0) is 46.1 Å². The highest BCUT2D eigenvalue weighted by atomic mass is 79.9. The van der Waals surface area contributed by atoms with Gasteiger partial charge in [0, 0.05) is 22.6 Å². The van der Waals surface area contributed by atoms with Gasteiger partial charge in [0.05, 0.1) is 11.6 Å². The van der Waals surface area contributed by atoms with E-state index in [-0.39, 0.29) is 0 Å². The van der Waals surface area contributed by atoms with Crippen LogP contribution < -0.4 is 19.5 Å². The number of aromatic nitrogens is 3. The molecule has 5 rings (SSSR count). The molecule has 37 heavy (non-hydrogen) atoms. The van der Waals surface area contributed by atoms with Crippen LogP contribution >= 0.6 is 27.7 Å². The van der Waals surface area contributed by atoms with Crippen LogP contribution in [0.15, 0.2) is 76.4 Å². The number of halogens is 1. The van der Waals surface area contributed by atoms with E-state index >= 15 is 0 Å². The summed E-state index contributed by atoms with van der Waals surface area (Å²) >= 11 is 5.27. The van der Waals surface area contributed by atoms with E-state index in [4.69, 9.17) is 19.2 Å². The van der Waals surface area contributed by atoms with Gasteiger partial charge in [-0.2, -0.15) is 4.98 Å². The number of ether oxygens (including phenoxy) is 3. The lowest BCUT2D eigenvalue weighted by atomic mass is 10.1. The highest BCUT2D eigenvalue weighted by Crippen LogP contribution is 2.43. The number of para-hydroxylation sites is 1. The normalized spacial score (nSPS) is 14.0. The molecule has 0 radical (unpaired) electrons. The summed E-state index contributed by atoms with van der Waals surface area (Å²) in [5.41, 5.74) is 4.30. The molecule has 0 aliphatic carbocycles. The zero-order valence-electron chi connectivity index (χ0n) is 20.6. The Morgan fingerprint density at radius 1 is 1.05 bits per heavy atom.